The molecule has 0 bridgehead atoms. The first-order chi connectivity index (χ1) is 10.6. The Morgan fingerprint density at radius 2 is 2.05 bits per heavy atom. The number of amides is 2. The van der Waals surface area contributed by atoms with E-state index in [1.807, 2.05) is 30.3 Å². The van der Waals surface area contributed by atoms with Crippen LogP contribution in [0.2, 0.25) is 0 Å². The van der Waals surface area contributed by atoms with E-state index in [2.05, 4.69) is 5.32 Å². The molecule has 6 nitrogen and oxygen atoms in total. The first kappa shape index (κ1) is 14.6. The smallest absolute Gasteiger partial charge is 0.352 e. The van der Waals surface area contributed by atoms with Crippen LogP contribution in [0.15, 0.2) is 42.1 Å². The number of rotatable bonds is 4. The maximum absolute atomic E-state index is 12.1. The second kappa shape index (κ2) is 5.84. The summed E-state index contributed by atoms with van der Waals surface area (Å²) in [5, 5.41) is 11.5. The molecule has 7 heteroatoms. The number of nitrogens with one attached hydrogen (secondary N) is 1. The van der Waals surface area contributed by atoms with Gasteiger partial charge >= 0.3 is 5.97 Å². The zero-order valence-corrected chi connectivity index (χ0v) is 12.4. The third-order valence-corrected chi connectivity index (χ3v) is 4.77. The average Bonchev–Trinajstić information content (AvgIpc) is 2.52. The second-order valence-electron chi connectivity index (χ2n) is 5.03. The van der Waals surface area contributed by atoms with Gasteiger partial charge in [0.15, 0.2) is 0 Å². The lowest BCUT2D eigenvalue weighted by molar-refractivity contribution is -0.150. The molecular formula is C15H14N2O4S. The number of aliphatic carboxylic acids is 1. The summed E-state index contributed by atoms with van der Waals surface area (Å²) >= 11 is 1.44. The monoisotopic (exact) mass is 318 g/mol. The Bertz CT molecular complexity index is 659. The summed E-state index contributed by atoms with van der Waals surface area (Å²) in [6, 6.07) is 8.60. The normalized spacial score (nSPS) is 23.2. The molecule has 0 spiro atoms. The van der Waals surface area contributed by atoms with E-state index in [4.69, 9.17) is 5.11 Å². The highest BCUT2D eigenvalue weighted by Gasteiger charge is 2.52. The van der Waals surface area contributed by atoms with Crippen molar-refractivity contribution in [3.63, 3.8) is 0 Å². The van der Waals surface area contributed by atoms with Crippen molar-refractivity contribution < 1.29 is 19.5 Å². The molecule has 114 valence electrons. The van der Waals surface area contributed by atoms with E-state index in [0.717, 1.165) is 5.56 Å². The van der Waals surface area contributed by atoms with E-state index in [1.54, 1.807) is 0 Å². The van der Waals surface area contributed by atoms with Crippen LogP contribution in [0.4, 0.5) is 0 Å². The number of hydrogen-bond donors (Lipinski definition) is 2. The lowest BCUT2D eigenvalue weighted by atomic mass is 10.0. The van der Waals surface area contributed by atoms with Crippen molar-refractivity contribution in [2.45, 2.75) is 17.8 Å². The molecule has 2 atom stereocenters. The molecule has 0 aromatic heterocycles. The van der Waals surface area contributed by atoms with Crippen LogP contribution in [0.5, 0.6) is 0 Å². The van der Waals surface area contributed by atoms with E-state index < -0.39 is 12.0 Å². The number of thioether (sulfide) groups is 1. The number of β-lactam (4-membered cyclic amide) rings is 1. The Balaban J connectivity index is 1.63. The number of carbonyl (C=O) groups excluding carboxylic acids is 2. The quantitative estimate of drug-likeness (QED) is 0.794. The standard InChI is InChI=1S/C15H14N2O4S/c18-11(8-9-4-2-1-3-5-9)16-12-13(19)17-10(15(20)21)6-7-22-14(12)17/h1-6,12,14H,7-8H2,(H,16,18)(H,20,21)/t12-,14+/m1/s1. The molecule has 0 unspecified atom stereocenters. The number of carboxylic acid groups (broad SMARTS) is 1. The minimum atomic E-state index is -1.12. The van der Waals surface area contributed by atoms with Crippen molar-refractivity contribution in [1.82, 2.24) is 10.2 Å². The Labute approximate surface area is 131 Å². The maximum atomic E-state index is 12.1. The van der Waals surface area contributed by atoms with E-state index in [1.165, 1.54) is 22.7 Å². The van der Waals surface area contributed by atoms with Crippen molar-refractivity contribution in [3.8, 4) is 0 Å². The second-order valence-corrected chi connectivity index (χ2v) is 6.18. The molecule has 0 aliphatic carbocycles. The SMILES string of the molecule is O=C(Cc1ccccc1)N[C@@H]1C(=O)N2C(C(=O)O)=CCS[C@@H]12. The van der Waals surface area contributed by atoms with Gasteiger partial charge in [-0.15, -0.1) is 11.8 Å². The number of carboxylic acids is 1. The Kier molecular flexibility index (Phi) is 3.89. The van der Waals surface area contributed by atoms with Crippen LogP contribution in [-0.4, -0.2) is 45.0 Å². The molecule has 22 heavy (non-hydrogen) atoms. The third-order valence-electron chi connectivity index (χ3n) is 3.59. The molecule has 2 aliphatic rings. The summed E-state index contributed by atoms with van der Waals surface area (Å²) in [6.45, 7) is 0. The Hall–Kier alpha value is -2.28. The summed E-state index contributed by atoms with van der Waals surface area (Å²) in [6.07, 6.45) is 1.72. The first-order valence-electron chi connectivity index (χ1n) is 6.79. The molecule has 0 saturated carbocycles. The molecule has 2 N–H and O–H groups in total. The molecular weight excluding hydrogens is 304 g/mol. The fraction of sp³-hybridized carbons (Fsp3) is 0.267. The number of benzene rings is 1. The summed E-state index contributed by atoms with van der Waals surface area (Å²) < 4.78 is 0. The molecule has 2 aliphatic heterocycles. The molecule has 1 saturated heterocycles. The van der Waals surface area contributed by atoms with Crippen LogP contribution in [0.25, 0.3) is 0 Å². The van der Waals surface area contributed by atoms with Gasteiger partial charge in [0.25, 0.3) is 5.91 Å². The Morgan fingerprint density at radius 3 is 2.73 bits per heavy atom. The largest absolute Gasteiger partial charge is 0.477 e. The highest BCUT2D eigenvalue weighted by Crippen LogP contribution is 2.37. The highest BCUT2D eigenvalue weighted by atomic mass is 32.2. The summed E-state index contributed by atoms with van der Waals surface area (Å²) in [5.74, 6) is -1.21. The van der Waals surface area contributed by atoms with Crippen LogP contribution < -0.4 is 5.32 Å². The molecule has 2 amide bonds. The third kappa shape index (κ3) is 2.59. The van der Waals surface area contributed by atoms with Crippen molar-refractivity contribution in [2.24, 2.45) is 0 Å². The molecule has 1 fully saturated rings. The summed E-state index contributed by atoms with van der Waals surface area (Å²) in [7, 11) is 0. The van der Waals surface area contributed by atoms with Crippen molar-refractivity contribution in [1.29, 1.82) is 0 Å². The van der Waals surface area contributed by atoms with Crippen molar-refractivity contribution >= 4 is 29.5 Å². The summed E-state index contributed by atoms with van der Waals surface area (Å²) in [4.78, 5) is 36.5. The predicted molar refractivity (Wildman–Crippen MR) is 80.9 cm³/mol. The fourth-order valence-electron chi connectivity index (χ4n) is 2.54. The van der Waals surface area contributed by atoms with Crippen LogP contribution in [0, 0.1) is 0 Å². The van der Waals surface area contributed by atoms with Gasteiger partial charge in [-0.3, -0.25) is 14.5 Å². The first-order valence-corrected chi connectivity index (χ1v) is 7.84. The van der Waals surface area contributed by atoms with Gasteiger partial charge in [0, 0.05) is 5.75 Å². The van der Waals surface area contributed by atoms with Crippen LogP contribution >= 0.6 is 11.8 Å². The van der Waals surface area contributed by atoms with Crippen LogP contribution in [0.3, 0.4) is 0 Å². The Morgan fingerprint density at radius 1 is 1.32 bits per heavy atom. The molecule has 1 aromatic rings. The van der Waals surface area contributed by atoms with Gasteiger partial charge in [-0.25, -0.2) is 4.79 Å². The lowest BCUT2D eigenvalue weighted by Crippen LogP contribution is -2.70. The number of fused-ring (bicyclic) bond motifs is 1. The van der Waals surface area contributed by atoms with Crippen LogP contribution in [-0.2, 0) is 20.8 Å². The molecule has 3 rings (SSSR count). The number of nitrogens with zero attached hydrogens (tertiary/aromatic N) is 1. The van der Waals surface area contributed by atoms with Gasteiger partial charge in [-0.05, 0) is 11.6 Å². The summed E-state index contributed by atoms with van der Waals surface area (Å²) in [5.41, 5.74) is 0.869. The number of carbonyl (C=O) groups is 3. The highest BCUT2D eigenvalue weighted by molar-refractivity contribution is 8.00. The van der Waals surface area contributed by atoms with Gasteiger partial charge in [0.2, 0.25) is 5.91 Å². The topological polar surface area (TPSA) is 86.7 Å². The van der Waals surface area contributed by atoms with Crippen LogP contribution in [0.1, 0.15) is 5.56 Å². The maximum Gasteiger partial charge on any atom is 0.352 e. The van der Waals surface area contributed by atoms with Gasteiger partial charge in [0.1, 0.15) is 17.1 Å². The van der Waals surface area contributed by atoms with Crippen molar-refractivity contribution in [3.05, 3.63) is 47.7 Å². The number of hydrogen-bond acceptors (Lipinski definition) is 4. The van der Waals surface area contributed by atoms with E-state index in [0.29, 0.717) is 5.75 Å². The lowest BCUT2D eigenvalue weighted by Gasteiger charge is -2.48. The molecule has 2 heterocycles. The average molecular weight is 318 g/mol. The van der Waals surface area contributed by atoms with E-state index in [-0.39, 0.29) is 29.3 Å². The van der Waals surface area contributed by atoms with E-state index in [9.17, 15) is 14.4 Å². The minimum Gasteiger partial charge on any atom is -0.477 e. The van der Waals surface area contributed by atoms with Gasteiger partial charge < -0.3 is 10.4 Å². The molecule has 0 radical (unpaired) electrons. The zero-order valence-electron chi connectivity index (χ0n) is 11.6. The minimum absolute atomic E-state index is 0.00214. The van der Waals surface area contributed by atoms with Crippen molar-refractivity contribution in [2.75, 3.05) is 5.75 Å². The fourth-order valence-corrected chi connectivity index (χ4v) is 3.74. The predicted octanol–water partition coefficient (Wildman–Crippen LogP) is 0.597. The van der Waals surface area contributed by atoms with Gasteiger partial charge in [0.05, 0.1) is 6.42 Å². The molecule has 1 aromatic carbocycles. The van der Waals surface area contributed by atoms with Gasteiger partial charge in [-0.2, -0.15) is 0 Å². The zero-order chi connectivity index (χ0) is 15.7. The van der Waals surface area contributed by atoms with E-state index >= 15 is 0 Å². The van der Waals surface area contributed by atoms with Gasteiger partial charge in [-0.1, -0.05) is 30.3 Å².